The number of aromatic nitrogens is 3. The van der Waals surface area contributed by atoms with Gasteiger partial charge in [-0.1, -0.05) is 43.1 Å². The molecule has 1 aromatic carbocycles. The third-order valence-electron chi connectivity index (χ3n) is 3.94. The molecule has 3 heterocycles. The molecule has 4 aromatic rings. The molecular weight excluding hydrogens is 389 g/mol. The van der Waals surface area contributed by atoms with Gasteiger partial charge in [0.2, 0.25) is 0 Å². The summed E-state index contributed by atoms with van der Waals surface area (Å²) in [5, 5.41) is 1.01. The molecule has 0 N–H and O–H groups in total. The van der Waals surface area contributed by atoms with Gasteiger partial charge < -0.3 is 0 Å². The van der Waals surface area contributed by atoms with Gasteiger partial charge in [0.05, 0.1) is 22.8 Å². The molecule has 0 aliphatic rings. The molecule has 0 aliphatic heterocycles. The molecule has 0 radical (unpaired) electrons. The molecule has 0 atom stereocenters. The first-order chi connectivity index (χ1) is 12.9. The molecule has 0 unspecified atom stereocenters. The van der Waals surface area contributed by atoms with Crippen LogP contribution in [-0.4, -0.2) is 22.4 Å². The summed E-state index contributed by atoms with van der Waals surface area (Å²) < 4.78 is 41.1. The Morgan fingerprint density at radius 3 is 2.33 bits per heavy atom. The van der Waals surface area contributed by atoms with Crippen LogP contribution in [0, 0.1) is 12.7 Å². The van der Waals surface area contributed by atoms with Gasteiger partial charge in [0.15, 0.2) is 5.65 Å². The second kappa shape index (κ2) is 7.25. The number of aryl methyl sites for hydroxylation is 1. The Kier molecular flexibility index (Phi) is 5.17. The molecule has 4 rings (SSSR count). The molecule has 0 aliphatic carbocycles. The van der Waals surface area contributed by atoms with Crippen molar-refractivity contribution in [1.82, 2.24) is 13.9 Å². The zero-order chi connectivity index (χ0) is 19.8. The summed E-state index contributed by atoms with van der Waals surface area (Å²) in [5.74, 6) is -0.563. The van der Waals surface area contributed by atoms with Gasteiger partial charge in [-0.15, -0.1) is 0 Å². The largest absolute Gasteiger partial charge is 0.269 e. The van der Waals surface area contributed by atoms with Gasteiger partial charge in [0, 0.05) is 10.8 Å². The van der Waals surface area contributed by atoms with Crippen LogP contribution >= 0.6 is 11.6 Å². The molecule has 3 aromatic heterocycles. The molecule has 0 amide bonds. The summed E-state index contributed by atoms with van der Waals surface area (Å²) >= 11 is 5.93. The quantitative estimate of drug-likeness (QED) is 0.442. The molecule has 8 heteroatoms. The zero-order valence-electron chi connectivity index (χ0n) is 14.9. The van der Waals surface area contributed by atoms with E-state index in [0.29, 0.717) is 10.8 Å². The first-order valence-corrected chi connectivity index (χ1v) is 10.1. The maximum Gasteiger partial charge on any atom is 0.269 e. The van der Waals surface area contributed by atoms with Crippen molar-refractivity contribution in [2.24, 2.45) is 0 Å². The summed E-state index contributed by atoms with van der Waals surface area (Å²) in [7, 11) is -3.94. The Bertz CT molecular complexity index is 1180. The van der Waals surface area contributed by atoms with Crippen LogP contribution in [0.5, 0.6) is 0 Å². The van der Waals surface area contributed by atoms with E-state index in [-0.39, 0.29) is 21.2 Å². The van der Waals surface area contributed by atoms with Crippen LogP contribution in [0.4, 0.5) is 4.39 Å². The Balaban J connectivity index is 0.00000102. The molecule has 0 fully saturated rings. The second-order valence-electron chi connectivity index (χ2n) is 5.63. The van der Waals surface area contributed by atoms with E-state index in [0.717, 1.165) is 15.7 Å². The topological polar surface area (TPSA) is 64.8 Å². The first-order valence-electron chi connectivity index (χ1n) is 8.31. The second-order valence-corrected chi connectivity index (χ2v) is 7.81. The minimum absolute atomic E-state index is 0.109. The molecular formula is C19H17ClFN3O2S. The minimum Gasteiger partial charge on any atom is -0.242 e. The number of hydrogen-bond donors (Lipinski definition) is 0. The molecule has 27 heavy (non-hydrogen) atoms. The fraction of sp³-hybridized carbons (Fsp3) is 0.158. The lowest BCUT2D eigenvalue weighted by atomic mass is 10.2. The summed E-state index contributed by atoms with van der Waals surface area (Å²) in [5.41, 5.74) is 1.36. The number of halogens is 2. The van der Waals surface area contributed by atoms with E-state index in [4.69, 9.17) is 11.6 Å². The average molecular weight is 406 g/mol. The minimum atomic E-state index is -3.94. The van der Waals surface area contributed by atoms with E-state index in [9.17, 15) is 12.8 Å². The average Bonchev–Trinajstić information content (AvgIpc) is 2.97. The predicted molar refractivity (Wildman–Crippen MR) is 105 cm³/mol. The Labute approximate surface area is 161 Å². The highest BCUT2D eigenvalue weighted by Gasteiger charge is 2.24. The van der Waals surface area contributed by atoms with Gasteiger partial charge in [-0.2, -0.15) is 0 Å². The van der Waals surface area contributed by atoms with E-state index < -0.39 is 15.8 Å². The molecule has 5 nitrogen and oxygen atoms in total. The van der Waals surface area contributed by atoms with Crippen LogP contribution in [-0.2, 0) is 10.0 Å². The normalized spacial score (nSPS) is 11.4. The zero-order valence-corrected chi connectivity index (χ0v) is 16.5. The summed E-state index contributed by atoms with van der Waals surface area (Å²) in [6, 6.07) is 9.21. The third-order valence-corrected chi connectivity index (χ3v) is 5.87. The van der Waals surface area contributed by atoms with Crippen molar-refractivity contribution in [3.05, 3.63) is 65.3 Å². The maximum absolute atomic E-state index is 13.7. The molecule has 0 saturated carbocycles. The van der Waals surface area contributed by atoms with E-state index in [2.05, 4.69) is 9.97 Å². The maximum atomic E-state index is 13.7. The standard InChI is InChI=1S/C17H11ClFN3O2S.C2H6/c1-10-2-4-12(5-3-10)25(23,24)22-15-9-20-16(18)7-13(15)14-6-11(19)8-21-17(14)22;1-2/h2-9H,1H3;1-2H3. The first kappa shape index (κ1) is 19.3. The SMILES string of the molecule is CC.Cc1ccc(S(=O)(=O)n2c3cnc(Cl)cc3c3cc(F)cnc32)cc1. The van der Waals surface area contributed by atoms with Gasteiger partial charge in [-0.25, -0.2) is 26.7 Å². The number of rotatable bonds is 2. The van der Waals surface area contributed by atoms with Crippen molar-refractivity contribution in [2.75, 3.05) is 0 Å². The number of benzene rings is 1. The smallest absolute Gasteiger partial charge is 0.242 e. The number of hydrogen-bond acceptors (Lipinski definition) is 4. The molecule has 0 bridgehead atoms. The van der Waals surface area contributed by atoms with Gasteiger partial charge in [-0.05, 0) is 31.2 Å². The van der Waals surface area contributed by atoms with Crippen molar-refractivity contribution in [1.29, 1.82) is 0 Å². The van der Waals surface area contributed by atoms with E-state index >= 15 is 0 Å². The highest BCUT2D eigenvalue weighted by Crippen LogP contribution is 2.32. The lowest BCUT2D eigenvalue weighted by Gasteiger charge is -2.08. The van der Waals surface area contributed by atoms with E-state index in [1.807, 2.05) is 20.8 Å². The van der Waals surface area contributed by atoms with Crippen LogP contribution in [0.15, 0.2) is 53.7 Å². The van der Waals surface area contributed by atoms with Gasteiger partial charge in [0.25, 0.3) is 10.0 Å². The van der Waals surface area contributed by atoms with Crippen LogP contribution in [0.25, 0.3) is 21.9 Å². The number of pyridine rings is 2. The van der Waals surface area contributed by atoms with Crippen LogP contribution in [0.3, 0.4) is 0 Å². The van der Waals surface area contributed by atoms with Gasteiger partial charge in [-0.3, -0.25) is 0 Å². The lowest BCUT2D eigenvalue weighted by Crippen LogP contribution is -2.13. The Morgan fingerprint density at radius 1 is 1.00 bits per heavy atom. The highest BCUT2D eigenvalue weighted by atomic mass is 35.5. The third kappa shape index (κ3) is 3.28. The van der Waals surface area contributed by atoms with Crippen molar-refractivity contribution in [3.63, 3.8) is 0 Å². The van der Waals surface area contributed by atoms with Crippen LogP contribution < -0.4 is 0 Å². The molecule has 140 valence electrons. The highest BCUT2D eigenvalue weighted by molar-refractivity contribution is 7.90. The Hall–Kier alpha value is -2.51. The van der Waals surface area contributed by atoms with E-state index in [1.54, 1.807) is 12.1 Å². The van der Waals surface area contributed by atoms with Crippen molar-refractivity contribution < 1.29 is 12.8 Å². The fourth-order valence-corrected chi connectivity index (χ4v) is 4.39. The monoisotopic (exact) mass is 405 g/mol. The predicted octanol–water partition coefficient (Wildman–Crippen LogP) is 4.95. The Morgan fingerprint density at radius 2 is 1.67 bits per heavy atom. The van der Waals surface area contributed by atoms with Crippen molar-refractivity contribution in [2.45, 2.75) is 25.7 Å². The van der Waals surface area contributed by atoms with Gasteiger partial charge in [0.1, 0.15) is 11.0 Å². The lowest BCUT2D eigenvalue weighted by molar-refractivity contribution is 0.589. The number of fused-ring (bicyclic) bond motifs is 3. The number of nitrogens with zero attached hydrogens (tertiary/aromatic N) is 3. The molecule has 0 spiro atoms. The summed E-state index contributed by atoms with van der Waals surface area (Å²) in [6.07, 6.45) is 2.33. The molecule has 0 saturated heterocycles. The van der Waals surface area contributed by atoms with Crippen molar-refractivity contribution >= 4 is 43.6 Å². The fourth-order valence-electron chi connectivity index (χ4n) is 2.77. The van der Waals surface area contributed by atoms with Crippen LogP contribution in [0.1, 0.15) is 19.4 Å². The van der Waals surface area contributed by atoms with Gasteiger partial charge >= 0.3 is 0 Å². The van der Waals surface area contributed by atoms with E-state index in [1.165, 1.54) is 30.5 Å². The summed E-state index contributed by atoms with van der Waals surface area (Å²) in [4.78, 5) is 8.07. The van der Waals surface area contributed by atoms with Crippen LogP contribution in [0.2, 0.25) is 5.15 Å². The summed E-state index contributed by atoms with van der Waals surface area (Å²) in [6.45, 7) is 5.87. The van der Waals surface area contributed by atoms with Crippen molar-refractivity contribution in [3.8, 4) is 0 Å².